The van der Waals surface area contributed by atoms with Crippen LogP contribution in [-0.2, 0) is 0 Å². The zero-order valence-electron chi connectivity index (χ0n) is 4.87. The van der Waals surface area contributed by atoms with Crippen molar-refractivity contribution < 1.29 is 2.90 Å². The second kappa shape index (κ2) is 2.89. The lowest BCUT2D eigenvalue weighted by Gasteiger charge is -1.80. The summed E-state index contributed by atoms with van der Waals surface area (Å²) in [5.41, 5.74) is 0. The second-order valence-corrected chi connectivity index (χ2v) is 2.39. The number of nitrogens with zero attached hydrogens (tertiary/aromatic N) is 3. The Morgan fingerprint density at radius 2 is 2.56 bits per heavy atom. The van der Waals surface area contributed by atoms with Crippen molar-refractivity contribution in [2.24, 2.45) is 10.1 Å². The van der Waals surface area contributed by atoms with Gasteiger partial charge in [0.25, 0.3) is 0 Å². The van der Waals surface area contributed by atoms with E-state index in [0.717, 1.165) is 5.84 Å². The molecule has 0 fully saturated rings. The van der Waals surface area contributed by atoms with Crippen molar-refractivity contribution in [3.63, 3.8) is 0 Å². The Bertz CT molecular complexity index is 233. The first-order chi connectivity index (χ1) is 4.30. The summed E-state index contributed by atoms with van der Waals surface area (Å²) in [5.74, 6) is 3.53. The molecule has 0 aromatic rings. The number of hydrogen-bond acceptors (Lipinski definition) is 2. The third kappa shape index (κ3) is 1.73. The SMILES string of the molecule is CC1=[N+](I)N=CC=C=N1. The lowest BCUT2D eigenvalue weighted by Crippen LogP contribution is -1.97. The van der Waals surface area contributed by atoms with Crippen LogP contribution < -0.4 is 0 Å². The molecule has 1 rings (SSSR count). The van der Waals surface area contributed by atoms with E-state index in [-0.39, 0.29) is 0 Å². The van der Waals surface area contributed by atoms with E-state index < -0.39 is 0 Å². The van der Waals surface area contributed by atoms with Crippen LogP contribution in [0.5, 0.6) is 0 Å². The van der Waals surface area contributed by atoms with E-state index >= 15 is 0 Å². The minimum Gasteiger partial charge on any atom is -0.0815 e. The van der Waals surface area contributed by atoms with Gasteiger partial charge >= 0.3 is 5.84 Å². The Kier molecular flexibility index (Phi) is 2.13. The number of amidine groups is 1. The molecule has 0 aromatic carbocycles. The first-order valence-corrected chi connectivity index (χ1v) is 3.38. The normalized spacial score (nSPS) is 16.7. The summed E-state index contributed by atoms with van der Waals surface area (Å²) in [4.78, 5) is 3.91. The maximum Gasteiger partial charge on any atom is 0.334 e. The Hall–Kier alpha value is -0.480. The molecule has 0 saturated heterocycles. The van der Waals surface area contributed by atoms with E-state index in [1.807, 2.05) is 6.92 Å². The molecule has 0 N–H and O–H groups in total. The number of allylic oxidation sites excluding steroid dienone is 1. The highest BCUT2D eigenvalue weighted by molar-refractivity contribution is 14.1. The zero-order valence-corrected chi connectivity index (χ0v) is 7.03. The Morgan fingerprint density at radius 1 is 1.78 bits per heavy atom. The Morgan fingerprint density at radius 3 is 3.33 bits per heavy atom. The minimum atomic E-state index is 0.834. The molecule has 0 bridgehead atoms. The molecule has 1 aliphatic heterocycles. The predicted octanol–water partition coefficient (Wildman–Crippen LogP) is 0.993. The van der Waals surface area contributed by atoms with Crippen LogP contribution in [0.15, 0.2) is 16.2 Å². The molecule has 0 saturated carbocycles. The van der Waals surface area contributed by atoms with Gasteiger partial charge in [-0.15, -0.1) is 0 Å². The highest BCUT2D eigenvalue weighted by atomic mass is 127. The largest absolute Gasteiger partial charge is 0.334 e. The molecule has 0 spiro atoms. The fraction of sp³-hybridized carbons (Fsp3) is 0.200. The van der Waals surface area contributed by atoms with Crippen LogP contribution >= 0.6 is 22.9 Å². The van der Waals surface area contributed by atoms with Gasteiger partial charge in [0, 0.05) is 18.0 Å². The van der Waals surface area contributed by atoms with Crippen molar-refractivity contribution in [1.29, 1.82) is 0 Å². The number of aliphatic imine (C=N–C) groups is 1. The van der Waals surface area contributed by atoms with E-state index in [2.05, 4.69) is 38.8 Å². The van der Waals surface area contributed by atoms with Gasteiger partial charge in [-0.25, -0.2) is 0 Å². The van der Waals surface area contributed by atoms with Crippen molar-refractivity contribution in [2.75, 3.05) is 0 Å². The molecular formula is C5H5IN3+. The molecule has 1 aliphatic rings. The monoisotopic (exact) mass is 234 g/mol. The van der Waals surface area contributed by atoms with Crippen LogP contribution in [0.2, 0.25) is 0 Å². The first kappa shape index (κ1) is 6.64. The Balaban J connectivity index is 3.06. The second-order valence-electron chi connectivity index (χ2n) is 1.48. The van der Waals surface area contributed by atoms with Gasteiger partial charge in [0.1, 0.15) is 5.87 Å². The lowest BCUT2D eigenvalue weighted by atomic mass is 10.7. The van der Waals surface area contributed by atoms with Crippen LogP contribution in [0.4, 0.5) is 0 Å². The van der Waals surface area contributed by atoms with Crippen LogP contribution in [0.1, 0.15) is 6.92 Å². The van der Waals surface area contributed by atoms with E-state index in [1.165, 1.54) is 0 Å². The van der Waals surface area contributed by atoms with Crippen LogP contribution in [0, 0.1) is 0 Å². The summed E-state index contributed by atoms with van der Waals surface area (Å²) in [7, 11) is 0. The van der Waals surface area contributed by atoms with Gasteiger partial charge in [0.2, 0.25) is 22.9 Å². The molecule has 0 amide bonds. The van der Waals surface area contributed by atoms with Gasteiger partial charge in [0.05, 0.1) is 6.21 Å². The third-order valence-corrected chi connectivity index (χ3v) is 1.76. The smallest absolute Gasteiger partial charge is 0.0815 e. The standard InChI is InChI=1S/C5H5IN3/c1-5-7-3-2-4-8-9(5)6/h2,4H,1H3/q+1. The van der Waals surface area contributed by atoms with Crippen molar-refractivity contribution in [2.45, 2.75) is 6.92 Å². The molecule has 3 nitrogen and oxygen atoms in total. The van der Waals surface area contributed by atoms with Crippen molar-refractivity contribution >= 4 is 40.8 Å². The maximum atomic E-state index is 3.95. The van der Waals surface area contributed by atoms with Gasteiger partial charge in [0.15, 0.2) is 0 Å². The summed E-state index contributed by atoms with van der Waals surface area (Å²) in [6.45, 7) is 1.87. The highest BCUT2D eigenvalue weighted by Gasteiger charge is 2.02. The first-order valence-electron chi connectivity index (χ1n) is 2.42. The molecule has 0 aliphatic carbocycles. The number of rotatable bonds is 0. The maximum absolute atomic E-state index is 3.95. The predicted molar refractivity (Wildman–Crippen MR) is 45.5 cm³/mol. The quantitative estimate of drug-likeness (QED) is 0.441. The van der Waals surface area contributed by atoms with Gasteiger partial charge < -0.3 is 0 Å². The summed E-state index contributed by atoms with van der Waals surface area (Å²) < 4.78 is 1.66. The molecule has 9 heavy (non-hydrogen) atoms. The summed E-state index contributed by atoms with van der Waals surface area (Å²) >= 11 is 2.05. The average Bonchev–Trinajstić information content (AvgIpc) is 1.99. The van der Waals surface area contributed by atoms with Crippen LogP contribution in [-0.4, -0.2) is 20.8 Å². The van der Waals surface area contributed by atoms with Crippen molar-refractivity contribution in [3.8, 4) is 0 Å². The molecule has 4 heteroatoms. The molecule has 1 heterocycles. The summed E-state index contributed by atoms with van der Waals surface area (Å²) in [5, 5.41) is 3.95. The van der Waals surface area contributed by atoms with Gasteiger partial charge in [-0.2, -0.15) is 0 Å². The van der Waals surface area contributed by atoms with Gasteiger partial charge in [-0.1, -0.05) is 8.00 Å². The van der Waals surface area contributed by atoms with E-state index in [9.17, 15) is 0 Å². The zero-order chi connectivity index (χ0) is 6.69. The topological polar surface area (TPSA) is 27.7 Å². The summed E-state index contributed by atoms with van der Waals surface area (Å²) in [6, 6.07) is 0. The molecule has 0 unspecified atom stereocenters. The van der Waals surface area contributed by atoms with E-state index in [4.69, 9.17) is 0 Å². The van der Waals surface area contributed by atoms with Gasteiger partial charge in [-0.3, -0.25) is 0 Å². The third-order valence-electron chi connectivity index (χ3n) is 0.811. The minimum absolute atomic E-state index is 0.834. The number of hydrogen-bond donors (Lipinski definition) is 0. The molecule has 0 atom stereocenters. The number of halogens is 1. The van der Waals surface area contributed by atoms with Crippen molar-refractivity contribution in [3.05, 3.63) is 6.08 Å². The molecule has 0 aromatic heterocycles. The van der Waals surface area contributed by atoms with Crippen molar-refractivity contribution in [1.82, 2.24) is 0 Å². The van der Waals surface area contributed by atoms with Crippen LogP contribution in [0.25, 0.3) is 0 Å². The van der Waals surface area contributed by atoms with Crippen LogP contribution in [0.3, 0.4) is 0 Å². The Labute approximate surface area is 67.0 Å². The molecule has 46 valence electrons. The van der Waals surface area contributed by atoms with Gasteiger partial charge in [-0.05, 0) is 0 Å². The average molecular weight is 234 g/mol. The summed E-state index contributed by atoms with van der Waals surface area (Å²) in [6.07, 6.45) is 3.31. The molecular weight excluding hydrogens is 229 g/mol. The van der Waals surface area contributed by atoms with E-state index in [1.54, 1.807) is 15.2 Å². The van der Waals surface area contributed by atoms with E-state index in [0.29, 0.717) is 0 Å². The highest BCUT2D eigenvalue weighted by Crippen LogP contribution is 1.92. The fourth-order valence-electron chi connectivity index (χ4n) is 0.381. The molecule has 0 radical (unpaired) electrons. The lowest BCUT2D eigenvalue weighted by molar-refractivity contribution is -0.299. The number of hydrazone groups is 1. The fourth-order valence-corrected chi connectivity index (χ4v) is 0.632.